The summed E-state index contributed by atoms with van der Waals surface area (Å²) >= 11 is 0. The van der Waals surface area contributed by atoms with E-state index >= 15 is 0 Å². The molecule has 2 N–H and O–H groups in total. The van der Waals surface area contributed by atoms with Crippen LogP contribution in [-0.4, -0.2) is 38.5 Å². The Balaban J connectivity index is 2.14. The van der Waals surface area contributed by atoms with Gasteiger partial charge in [-0.1, -0.05) is 18.2 Å². The van der Waals surface area contributed by atoms with Crippen LogP contribution in [0.3, 0.4) is 0 Å². The van der Waals surface area contributed by atoms with Gasteiger partial charge in [0, 0.05) is 25.9 Å². The topological polar surface area (TPSA) is 104 Å². The summed E-state index contributed by atoms with van der Waals surface area (Å²) in [4.78, 5) is 21.8. The number of benzene rings is 1. The minimum atomic E-state index is -3.94. The first-order chi connectivity index (χ1) is 10.8. The number of anilines is 2. The zero-order chi connectivity index (χ0) is 17.0. The molecule has 9 heteroatoms. The van der Waals surface area contributed by atoms with Gasteiger partial charge in [-0.25, -0.2) is 22.9 Å². The Morgan fingerprint density at radius 1 is 1.13 bits per heavy atom. The van der Waals surface area contributed by atoms with Gasteiger partial charge in [0.2, 0.25) is 5.95 Å². The molecular formula is C14H17N5O3S. The number of carbonyl (C=O) groups excluding carboxylic acids is 1. The number of amides is 2. The van der Waals surface area contributed by atoms with Crippen LogP contribution in [-0.2, 0) is 10.0 Å². The predicted octanol–water partition coefficient (Wildman–Crippen LogP) is 1.36. The van der Waals surface area contributed by atoms with Crippen LogP contribution in [0.25, 0.3) is 0 Å². The molecule has 1 aromatic heterocycles. The molecule has 0 fully saturated rings. The summed E-state index contributed by atoms with van der Waals surface area (Å²) in [7, 11) is -0.350. The third-order valence-corrected chi connectivity index (χ3v) is 4.15. The molecule has 1 heterocycles. The Morgan fingerprint density at radius 2 is 1.78 bits per heavy atom. The van der Waals surface area contributed by atoms with Gasteiger partial charge in [0.1, 0.15) is 5.82 Å². The third kappa shape index (κ3) is 4.39. The van der Waals surface area contributed by atoms with E-state index in [-0.39, 0.29) is 10.8 Å². The Hall–Kier alpha value is -2.68. The van der Waals surface area contributed by atoms with Crippen LogP contribution < -0.4 is 14.9 Å². The number of aryl methyl sites for hydroxylation is 1. The maximum absolute atomic E-state index is 12.1. The van der Waals surface area contributed by atoms with E-state index in [0.29, 0.717) is 11.5 Å². The average molecular weight is 335 g/mol. The molecule has 0 aliphatic heterocycles. The van der Waals surface area contributed by atoms with Crippen molar-refractivity contribution in [3.8, 4) is 0 Å². The third-order valence-electron chi connectivity index (χ3n) is 2.80. The van der Waals surface area contributed by atoms with Crippen molar-refractivity contribution in [2.24, 2.45) is 0 Å². The van der Waals surface area contributed by atoms with Crippen molar-refractivity contribution in [3.05, 3.63) is 42.1 Å². The Morgan fingerprint density at radius 3 is 2.39 bits per heavy atom. The normalized spacial score (nSPS) is 10.9. The van der Waals surface area contributed by atoms with Crippen molar-refractivity contribution in [3.63, 3.8) is 0 Å². The molecule has 0 saturated carbocycles. The van der Waals surface area contributed by atoms with Crippen LogP contribution in [0.2, 0.25) is 0 Å². The highest BCUT2D eigenvalue weighted by Gasteiger charge is 2.18. The summed E-state index contributed by atoms with van der Waals surface area (Å²) in [6.45, 7) is 1.75. The molecule has 0 bridgehead atoms. The van der Waals surface area contributed by atoms with Gasteiger partial charge in [0.15, 0.2) is 0 Å². The number of hydrogen-bond acceptors (Lipinski definition) is 6. The molecule has 0 aliphatic rings. The number of hydrogen-bond donors (Lipinski definition) is 2. The number of sulfonamides is 1. The van der Waals surface area contributed by atoms with Crippen LogP contribution >= 0.6 is 0 Å². The molecule has 0 saturated heterocycles. The van der Waals surface area contributed by atoms with Crippen LogP contribution in [0.5, 0.6) is 0 Å². The van der Waals surface area contributed by atoms with Crippen LogP contribution in [0.15, 0.2) is 41.3 Å². The minimum Gasteiger partial charge on any atom is -0.363 e. The summed E-state index contributed by atoms with van der Waals surface area (Å²) < 4.78 is 26.0. The number of nitrogens with zero attached hydrogens (tertiary/aromatic N) is 3. The maximum atomic E-state index is 12.1. The number of aromatic nitrogens is 2. The molecule has 122 valence electrons. The fourth-order valence-electron chi connectivity index (χ4n) is 1.74. The number of carbonyl (C=O) groups is 1. The van der Waals surface area contributed by atoms with Crippen LogP contribution in [0.1, 0.15) is 5.69 Å². The summed E-state index contributed by atoms with van der Waals surface area (Å²) in [5.41, 5.74) is 0.643. The van der Waals surface area contributed by atoms with Crippen molar-refractivity contribution < 1.29 is 13.2 Å². The van der Waals surface area contributed by atoms with E-state index in [1.165, 1.54) is 12.1 Å². The van der Waals surface area contributed by atoms with E-state index in [9.17, 15) is 13.2 Å². The van der Waals surface area contributed by atoms with Gasteiger partial charge in [-0.2, -0.15) is 4.98 Å². The Bertz CT molecular complexity index is 806. The predicted molar refractivity (Wildman–Crippen MR) is 86.9 cm³/mol. The molecule has 0 radical (unpaired) electrons. The van der Waals surface area contributed by atoms with E-state index in [1.807, 2.05) is 4.72 Å². The largest absolute Gasteiger partial charge is 0.363 e. The molecule has 2 amide bonds. The Labute approximate surface area is 134 Å². The first-order valence-corrected chi connectivity index (χ1v) is 8.18. The maximum Gasteiger partial charge on any atom is 0.335 e. The van der Waals surface area contributed by atoms with Crippen molar-refractivity contribution in [1.82, 2.24) is 14.7 Å². The van der Waals surface area contributed by atoms with Crippen LogP contribution in [0.4, 0.5) is 16.6 Å². The van der Waals surface area contributed by atoms with Crippen molar-refractivity contribution >= 4 is 27.8 Å². The van der Waals surface area contributed by atoms with E-state index in [4.69, 9.17) is 0 Å². The summed E-state index contributed by atoms with van der Waals surface area (Å²) in [6.07, 6.45) is 0. The lowest BCUT2D eigenvalue weighted by atomic mass is 10.4. The van der Waals surface area contributed by atoms with E-state index in [0.717, 1.165) is 0 Å². The molecular weight excluding hydrogens is 318 g/mol. The lowest BCUT2D eigenvalue weighted by molar-refractivity contribution is 0.256. The molecule has 1 aromatic carbocycles. The van der Waals surface area contributed by atoms with E-state index in [1.54, 1.807) is 50.2 Å². The molecule has 23 heavy (non-hydrogen) atoms. The number of nitrogens with one attached hydrogen (secondary N) is 2. The number of rotatable bonds is 4. The highest BCUT2D eigenvalue weighted by atomic mass is 32.2. The lowest BCUT2D eigenvalue weighted by Gasteiger charge is -2.13. The Kier molecular flexibility index (Phi) is 4.80. The second kappa shape index (κ2) is 6.61. The zero-order valence-electron chi connectivity index (χ0n) is 12.9. The smallest absolute Gasteiger partial charge is 0.335 e. The van der Waals surface area contributed by atoms with Gasteiger partial charge in [-0.05, 0) is 19.1 Å². The monoisotopic (exact) mass is 335 g/mol. The van der Waals surface area contributed by atoms with Crippen molar-refractivity contribution in [2.45, 2.75) is 11.8 Å². The van der Waals surface area contributed by atoms with Crippen molar-refractivity contribution in [2.75, 3.05) is 24.3 Å². The average Bonchev–Trinajstić information content (AvgIpc) is 2.46. The van der Waals surface area contributed by atoms with Crippen molar-refractivity contribution in [1.29, 1.82) is 0 Å². The summed E-state index contributed by atoms with van der Waals surface area (Å²) in [6, 6.07) is 8.42. The van der Waals surface area contributed by atoms with E-state index in [2.05, 4.69) is 15.3 Å². The van der Waals surface area contributed by atoms with E-state index < -0.39 is 16.1 Å². The molecule has 2 rings (SSSR count). The fourth-order valence-corrected chi connectivity index (χ4v) is 2.67. The van der Waals surface area contributed by atoms with Gasteiger partial charge in [-0.15, -0.1) is 0 Å². The summed E-state index contributed by atoms with van der Waals surface area (Å²) in [5.74, 6) is 0.619. The summed E-state index contributed by atoms with van der Waals surface area (Å²) in [5, 5.41) is 2.33. The highest BCUT2D eigenvalue weighted by molar-refractivity contribution is 7.90. The molecule has 0 atom stereocenters. The van der Waals surface area contributed by atoms with Gasteiger partial charge >= 0.3 is 6.03 Å². The van der Waals surface area contributed by atoms with Gasteiger partial charge in [-0.3, -0.25) is 5.32 Å². The molecule has 0 aliphatic carbocycles. The highest BCUT2D eigenvalue weighted by Crippen LogP contribution is 2.12. The quantitative estimate of drug-likeness (QED) is 0.874. The fraction of sp³-hybridized carbons (Fsp3) is 0.214. The SMILES string of the molecule is Cc1cc(N(C)C)nc(NC(=O)NS(=O)(=O)c2ccccc2)n1. The second-order valence-corrected chi connectivity index (χ2v) is 6.64. The molecule has 0 unspecified atom stereocenters. The van der Waals surface area contributed by atoms with Gasteiger partial charge in [0.05, 0.1) is 4.90 Å². The lowest BCUT2D eigenvalue weighted by Crippen LogP contribution is -2.35. The molecule has 8 nitrogen and oxygen atoms in total. The first-order valence-electron chi connectivity index (χ1n) is 6.70. The molecule has 2 aromatic rings. The van der Waals surface area contributed by atoms with Gasteiger partial charge < -0.3 is 4.90 Å². The van der Waals surface area contributed by atoms with Crippen LogP contribution in [0, 0.1) is 6.92 Å². The standard InChI is InChI=1S/C14H17N5O3S/c1-10-9-12(19(2)3)16-13(15-10)17-14(20)18-23(21,22)11-7-5-4-6-8-11/h4-9H,1-3H3,(H2,15,16,17,18,20). The minimum absolute atomic E-state index is 0.00529. The number of urea groups is 1. The second-order valence-electron chi connectivity index (χ2n) is 4.96. The molecule has 0 spiro atoms. The van der Waals surface area contributed by atoms with Gasteiger partial charge in [0.25, 0.3) is 10.0 Å². The first kappa shape index (κ1) is 16.7. The zero-order valence-corrected chi connectivity index (χ0v) is 13.8.